The van der Waals surface area contributed by atoms with Gasteiger partial charge >= 0.3 is 0 Å². The maximum Gasteiger partial charge on any atom is 0.0611 e. The van der Waals surface area contributed by atoms with Gasteiger partial charge in [0.1, 0.15) is 0 Å². The third kappa shape index (κ3) is 2.41. The predicted molar refractivity (Wildman–Crippen MR) is 75.1 cm³/mol. The van der Waals surface area contributed by atoms with Gasteiger partial charge < -0.3 is 5.11 Å². The van der Waals surface area contributed by atoms with Gasteiger partial charge in [0.25, 0.3) is 0 Å². The monoisotopic (exact) mass is 284 g/mol. The molecule has 18 heavy (non-hydrogen) atoms. The van der Waals surface area contributed by atoms with Crippen LogP contribution in [-0.4, -0.2) is 11.2 Å². The summed E-state index contributed by atoms with van der Waals surface area (Å²) < 4.78 is 0. The molecule has 4 unspecified atom stereocenters. The van der Waals surface area contributed by atoms with Crippen molar-refractivity contribution in [1.29, 1.82) is 0 Å². The summed E-state index contributed by atoms with van der Waals surface area (Å²) in [5, 5.41) is 11.6. The molecule has 0 saturated heterocycles. The summed E-state index contributed by atoms with van der Waals surface area (Å²) in [6, 6.07) is 5.65. The molecule has 1 aromatic rings. The van der Waals surface area contributed by atoms with Gasteiger partial charge in [0.2, 0.25) is 0 Å². The smallest absolute Gasteiger partial charge is 0.0611 e. The highest BCUT2D eigenvalue weighted by atomic mass is 35.5. The Kier molecular flexibility index (Phi) is 3.57. The molecule has 98 valence electrons. The molecule has 1 nitrogen and oxygen atoms in total. The highest BCUT2D eigenvalue weighted by Crippen LogP contribution is 2.49. The minimum atomic E-state index is -0.224. The molecule has 0 spiro atoms. The first-order valence-electron chi connectivity index (χ1n) is 6.75. The second-order valence-corrected chi connectivity index (χ2v) is 6.67. The van der Waals surface area contributed by atoms with Crippen LogP contribution in [0.1, 0.15) is 31.2 Å². The fourth-order valence-electron chi connectivity index (χ4n) is 3.82. The molecular formula is C15H18Cl2O. The summed E-state index contributed by atoms with van der Waals surface area (Å²) in [7, 11) is 0. The van der Waals surface area contributed by atoms with Crippen LogP contribution in [0.3, 0.4) is 0 Å². The molecule has 1 N–H and O–H groups in total. The summed E-state index contributed by atoms with van der Waals surface area (Å²) >= 11 is 11.9. The van der Waals surface area contributed by atoms with Crippen LogP contribution in [0.15, 0.2) is 18.2 Å². The minimum absolute atomic E-state index is 0.224. The first-order chi connectivity index (χ1) is 8.63. The Bertz CT molecular complexity index is 446. The van der Waals surface area contributed by atoms with Gasteiger partial charge in [-0.3, -0.25) is 0 Å². The van der Waals surface area contributed by atoms with E-state index in [1.807, 2.05) is 18.2 Å². The zero-order valence-electron chi connectivity index (χ0n) is 10.3. The van der Waals surface area contributed by atoms with Gasteiger partial charge in [-0.05, 0) is 61.1 Å². The van der Waals surface area contributed by atoms with E-state index in [4.69, 9.17) is 23.2 Å². The van der Waals surface area contributed by atoms with E-state index < -0.39 is 0 Å². The summed E-state index contributed by atoms with van der Waals surface area (Å²) in [5.74, 6) is 2.13. The summed E-state index contributed by atoms with van der Waals surface area (Å²) in [4.78, 5) is 0. The Morgan fingerprint density at radius 2 is 2.00 bits per heavy atom. The van der Waals surface area contributed by atoms with Crippen molar-refractivity contribution in [2.75, 3.05) is 0 Å². The van der Waals surface area contributed by atoms with E-state index in [0.29, 0.717) is 22.4 Å². The largest absolute Gasteiger partial charge is 0.392 e. The number of fused-ring (bicyclic) bond motifs is 2. The number of hydrogen-bond donors (Lipinski definition) is 1. The van der Waals surface area contributed by atoms with Crippen molar-refractivity contribution >= 4 is 23.2 Å². The summed E-state index contributed by atoms with van der Waals surface area (Å²) in [6.45, 7) is 0. The van der Waals surface area contributed by atoms with Gasteiger partial charge in [-0.1, -0.05) is 35.7 Å². The third-order valence-corrected chi connectivity index (χ3v) is 5.45. The second kappa shape index (κ2) is 5.03. The molecule has 2 aliphatic rings. The Hall–Kier alpha value is -0.240. The van der Waals surface area contributed by atoms with Crippen molar-refractivity contribution in [3.05, 3.63) is 33.8 Å². The van der Waals surface area contributed by atoms with Gasteiger partial charge in [0.15, 0.2) is 0 Å². The first kappa shape index (κ1) is 12.8. The number of rotatable bonds is 3. The van der Waals surface area contributed by atoms with E-state index >= 15 is 0 Å². The molecule has 0 amide bonds. The molecule has 4 atom stereocenters. The highest BCUT2D eigenvalue weighted by Gasteiger charge is 2.42. The first-order valence-corrected chi connectivity index (χ1v) is 7.51. The minimum Gasteiger partial charge on any atom is -0.392 e. The zero-order valence-corrected chi connectivity index (χ0v) is 11.8. The number of aliphatic hydroxyl groups is 1. The van der Waals surface area contributed by atoms with Crippen LogP contribution in [0, 0.1) is 17.8 Å². The molecule has 2 aliphatic carbocycles. The molecule has 3 rings (SSSR count). The van der Waals surface area contributed by atoms with Crippen LogP contribution in [0.25, 0.3) is 0 Å². The van der Waals surface area contributed by atoms with E-state index in [0.717, 1.165) is 17.4 Å². The van der Waals surface area contributed by atoms with Crippen molar-refractivity contribution in [2.45, 2.75) is 38.2 Å². The zero-order chi connectivity index (χ0) is 12.7. The normalized spacial score (nSPS) is 31.8. The SMILES string of the molecule is OC(Cc1ccc(Cl)c(Cl)c1)C1CC2CCC1C2. The lowest BCUT2D eigenvalue weighted by Crippen LogP contribution is -2.27. The fraction of sp³-hybridized carbons (Fsp3) is 0.600. The number of benzene rings is 1. The lowest BCUT2D eigenvalue weighted by Gasteiger charge is -2.26. The van der Waals surface area contributed by atoms with E-state index in [1.165, 1.54) is 25.7 Å². The second-order valence-electron chi connectivity index (χ2n) is 5.86. The van der Waals surface area contributed by atoms with Crippen LogP contribution in [0.2, 0.25) is 10.0 Å². The van der Waals surface area contributed by atoms with Crippen molar-refractivity contribution in [3.8, 4) is 0 Å². The van der Waals surface area contributed by atoms with E-state index in [-0.39, 0.29) is 6.10 Å². The summed E-state index contributed by atoms with van der Waals surface area (Å²) in [5.41, 5.74) is 1.08. The van der Waals surface area contributed by atoms with Crippen LogP contribution in [-0.2, 0) is 6.42 Å². The quantitative estimate of drug-likeness (QED) is 0.876. The van der Waals surface area contributed by atoms with E-state index in [1.54, 1.807) is 0 Å². The van der Waals surface area contributed by atoms with Gasteiger partial charge in [-0.15, -0.1) is 0 Å². The molecule has 0 radical (unpaired) electrons. The Labute approximate surface area is 118 Å². The van der Waals surface area contributed by atoms with Gasteiger partial charge in [-0.25, -0.2) is 0 Å². The van der Waals surface area contributed by atoms with E-state index in [2.05, 4.69) is 0 Å². The topological polar surface area (TPSA) is 20.2 Å². The number of aliphatic hydroxyl groups excluding tert-OH is 1. The lowest BCUT2D eigenvalue weighted by molar-refractivity contribution is 0.0751. The number of halogens is 2. The van der Waals surface area contributed by atoms with E-state index in [9.17, 15) is 5.11 Å². The average Bonchev–Trinajstić information content (AvgIpc) is 2.96. The molecule has 2 fully saturated rings. The molecule has 3 heteroatoms. The molecule has 1 aromatic carbocycles. The predicted octanol–water partition coefficient (Wildman–Crippen LogP) is 4.33. The Morgan fingerprint density at radius 1 is 1.17 bits per heavy atom. The standard InChI is InChI=1S/C15H18Cl2O/c16-13-4-2-10(7-14(13)17)8-15(18)12-6-9-1-3-11(12)5-9/h2,4,7,9,11-12,15,18H,1,3,5-6,8H2. The molecule has 2 bridgehead atoms. The van der Waals surface area contributed by atoms with Crippen molar-refractivity contribution in [3.63, 3.8) is 0 Å². The fourth-order valence-corrected chi connectivity index (χ4v) is 4.15. The number of hydrogen-bond acceptors (Lipinski definition) is 1. The highest BCUT2D eigenvalue weighted by molar-refractivity contribution is 6.42. The molecule has 0 aromatic heterocycles. The molecule has 2 saturated carbocycles. The molecular weight excluding hydrogens is 267 g/mol. The Balaban J connectivity index is 1.67. The average molecular weight is 285 g/mol. The van der Waals surface area contributed by atoms with Crippen LogP contribution >= 0.6 is 23.2 Å². The lowest BCUT2D eigenvalue weighted by atomic mass is 9.82. The molecule has 0 aliphatic heterocycles. The van der Waals surface area contributed by atoms with Crippen molar-refractivity contribution < 1.29 is 5.11 Å². The van der Waals surface area contributed by atoms with Crippen LogP contribution in [0.5, 0.6) is 0 Å². The van der Waals surface area contributed by atoms with Gasteiger partial charge in [0, 0.05) is 0 Å². The molecule has 0 heterocycles. The van der Waals surface area contributed by atoms with Gasteiger partial charge in [-0.2, -0.15) is 0 Å². The summed E-state index contributed by atoms with van der Waals surface area (Å²) in [6.07, 6.45) is 5.72. The maximum atomic E-state index is 10.4. The third-order valence-electron chi connectivity index (χ3n) is 4.72. The Morgan fingerprint density at radius 3 is 2.61 bits per heavy atom. The van der Waals surface area contributed by atoms with Crippen molar-refractivity contribution in [1.82, 2.24) is 0 Å². The van der Waals surface area contributed by atoms with Crippen molar-refractivity contribution in [2.24, 2.45) is 17.8 Å². The van der Waals surface area contributed by atoms with Gasteiger partial charge in [0.05, 0.1) is 16.1 Å². The van der Waals surface area contributed by atoms with Crippen LogP contribution < -0.4 is 0 Å². The van der Waals surface area contributed by atoms with Crippen LogP contribution in [0.4, 0.5) is 0 Å². The maximum absolute atomic E-state index is 10.4.